The van der Waals surface area contributed by atoms with Crippen molar-refractivity contribution in [2.45, 2.75) is 32.7 Å². The molecule has 3 aromatic heterocycles. The first-order valence-corrected chi connectivity index (χ1v) is 11.0. The summed E-state index contributed by atoms with van der Waals surface area (Å²) in [7, 11) is 0. The third kappa shape index (κ3) is 4.03. The Balaban J connectivity index is 1.51. The maximum Gasteiger partial charge on any atom is 0.228 e. The molecule has 0 saturated heterocycles. The first-order valence-electron chi connectivity index (χ1n) is 10.6. The molecule has 5 aromatic rings. The fourth-order valence-electron chi connectivity index (χ4n) is 3.81. The summed E-state index contributed by atoms with van der Waals surface area (Å²) in [5, 5.41) is 14.5. The highest BCUT2D eigenvalue weighted by Crippen LogP contribution is 2.32. The van der Waals surface area contributed by atoms with E-state index < -0.39 is 0 Å². The number of hydrogen-bond acceptors (Lipinski definition) is 7. The van der Waals surface area contributed by atoms with Gasteiger partial charge in [-0.3, -0.25) is 4.79 Å². The number of aldehydes is 1. The number of aromatic amines is 1. The zero-order chi connectivity index (χ0) is 22.8. The van der Waals surface area contributed by atoms with Crippen molar-refractivity contribution in [2.24, 2.45) is 0 Å². The van der Waals surface area contributed by atoms with Crippen LogP contribution in [0.1, 0.15) is 41.6 Å². The number of nitrogens with zero attached hydrogens (tertiary/aromatic N) is 6. The molecule has 0 radical (unpaired) electrons. The number of aromatic nitrogens is 7. The van der Waals surface area contributed by atoms with Gasteiger partial charge < -0.3 is 8.98 Å². The number of halogens is 1. The van der Waals surface area contributed by atoms with Crippen molar-refractivity contribution in [1.29, 1.82) is 0 Å². The second kappa shape index (κ2) is 8.95. The molecule has 9 nitrogen and oxygen atoms in total. The van der Waals surface area contributed by atoms with Crippen LogP contribution in [-0.4, -0.2) is 41.4 Å². The van der Waals surface area contributed by atoms with Crippen molar-refractivity contribution < 1.29 is 9.21 Å². The number of H-pyrrole nitrogens is 1. The zero-order valence-electron chi connectivity index (χ0n) is 17.8. The number of aryl methyl sites for hydroxylation is 1. The quantitative estimate of drug-likeness (QED) is 0.332. The second-order valence-electron chi connectivity index (χ2n) is 7.61. The Morgan fingerprint density at radius 2 is 2.00 bits per heavy atom. The monoisotopic (exact) mass is 461 g/mol. The summed E-state index contributed by atoms with van der Waals surface area (Å²) in [6, 6.07) is 13.4. The first kappa shape index (κ1) is 21.0. The standard InChI is InChI=1S/C23H20ClN7O2/c1-2-3-8-20-26-21(24)18(13-32)31(20)12-14-9-10-19-17(11-14)25-23(33-19)16-7-5-4-6-15(16)22-27-29-30-28-22/h4-7,9-11,13H,2-3,8,12H2,1H3,(H,27,28,29,30). The van der Waals surface area contributed by atoms with Crippen LogP contribution in [0.25, 0.3) is 33.9 Å². The Kier molecular flexibility index (Phi) is 5.70. The molecule has 3 heterocycles. The minimum atomic E-state index is 0.235. The van der Waals surface area contributed by atoms with Crippen LogP contribution >= 0.6 is 11.6 Å². The highest BCUT2D eigenvalue weighted by molar-refractivity contribution is 6.31. The van der Waals surface area contributed by atoms with Gasteiger partial charge in [0.25, 0.3) is 0 Å². The van der Waals surface area contributed by atoms with Gasteiger partial charge in [0, 0.05) is 24.1 Å². The molecule has 0 unspecified atom stereocenters. The molecule has 0 aliphatic rings. The third-order valence-corrected chi connectivity index (χ3v) is 5.72. The summed E-state index contributed by atoms with van der Waals surface area (Å²) in [5.41, 5.74) is 4.24. The van der Waals surface area contributed by atoms with Gasteiger partial charge in [-0.05, 0) is 35.4 Å². The highest BCUT2D eigenvalue weighted by atomic mass is 35.5. The van der Waals surface area contributed by atoms with Gasteiger partial charge in [-0.25, -0.2) is 9.97 Å². The van der Waals surface area contributed by atoms with Crippen LogP contribution in [0.4, 0.5) is 0 Å². The van der Waals surface area contributed by atoms with Crippen LogP contribution < -0.4 is 0 Å². The van der Waals surface area contributed by atoms with Gasteiger partial charge in [0.2, 0.25) is 11.7 Å². The van der Waals surface area contributed by atoms with Gasteiger partial charge in [0.1, 0.15) is 17.0 Å². The first-order chi connectivity index (χ1) is 16.2. The third-order valence-electron chi connectivity index (χ3n) is 5.44. The number of nitrogens with one attached hydrogen (secondary N) is 1. The SMILES string of the molecule is CCCCc1nc(Cl)c(C=O)n1Cc1ccc2oc(-c3ccccc3-c3nn[nH]n3)nc2c1. The van der Waals surface area contributed by atoms with Crippen molar-refractivity contribution >= 4 is 29.0 Å². The summed E-state index contributed by atoms with van der Waals surface area (Å²) in [6.07, 6.45) is 3.51. The molecule has 0 aliphatic carbocycles. The molecule has 5 rings (SSSR count). The number of oxazole rings is 1. The molecular formula is C23H20ClN7O2. The normalized spacial score (nSPS) is 11.3. The van der Waals surface area contributed by atoms with E-state index in [0.717, 1.165) is 48.1 Å². The van der Waals surface area contributed by atoms with Crippen molar-refractivity contribution in [1.82, 2.24) is 35.2 Å². The van der Waals surface area contributed by atoms with Gasteiger partial charge in [0.15, 0.2) is 17.0 Å². The van der Waals surface area contributed by atoms with Crippen LogP contribution in [-0.2, 0) is 13.0 Å². The number of fused-ring (bicyclic) bond motifs is 1. The molecule has 0 atom stereocenters. The Bertz CT molecular complexity index is 1420. The molecule has 10 heteroatoms. The zero-order valence-corrected chi connectivity index (χ0v) is 18.6. The van der Waals surface area contributed by atoms with Crippen LogP contribution in [0.2, 0.25) is 5.15 Å². The average Bonchev–Trinajstić information content (AvgIpc) is 3.57. The second-order valence-corrected chi connectivity index (χ2v) is 7.97. The van der Waals surface area contributed by atoms with Crippen molar-refractivity contribution in [2.75, 3.05) is 0 Å². The summed E-state index contributed by atoms with van der Waals surface area (Å²) in [6.45, 7) is 2.58. The van der Waals surface area contributed by atoms with Crippen LogP contribution in [0.3, 0.4) is 0 Å². The van der Waals surface area contributed by atoms with Crippen LogP contribution in [0.5, 0.6) is 0 Å². The average molecular weight is 462 g/mol. The van der Waals surface area contributed by atoms with E-state index in [1.54, 1.807) is 0 Å². The Morgan fingerprint density at radius 3 is 2.76 bits per heavy atom. The van der Waals surface area contributed by atoms with E-state index in [9.17, 15) is 4.79 Å². The minimum Gasteiger partial charge on any atom is -0.436 e. The molecule has 2 aromatic carbocycles. The van der Waals surface area contributed by atoms with E-state index in [-0.39, 0.29) is 5.15 Å². The molecule has 0 aliphatic heterocycles. The molecule has 33 heavy (non-hydrogen) atoms. The fourth-order valence-corrected chi connectivity index (χ4v) is 4.05. The smallest absolute Gasteiger partial charge is 0.228 e. The molecule has 0 amide bonds. The number of rotatable bonds is 8. The van der Waals surface area contributed by atoms with Gasteiger partial charge in [-0.1, -0.05) is 49.2 Å². The molecule has 0 fully saturated rings. The number of benzene rings is 2. The molecule has 1 N–H and O–H groups in total. The van der Waals surface area contributed by atoms with E-state index in [4.69, 9.17) is 21.0 Å². The summed E-state index contributed by atoms with van der Waals surface area (Å²) >= 11 is 6.21. The fraction of sp³-hybridized carbons (Fsp3) is 0.217. The topological polar surface area (TPSA) is 115 Å². The largest absolute Gasteiger partial charge is 0.436 e. The van der Waals surface area contributed by atoms with Gasteiger partial charge in [-0.15, -0.1) is 10.2 Å². The number of carbonyl (C=O) groups excluding carboxylic acids is 1. The maximum absolute atomic E-state index is 11.6. The molecular weight excluding hydrogens is 442 g/mol. The molecule has 0 saturated carbocycles. The van der Waals surface area contributed by atoms with E-state index in [1.165, 1.54) is 0 Å². The number of tetrazole rings is 1. The summed E-state index contributed by atoms with van der Waals surface area (Å²) in [5.74, 6) is 1.73. The lowest BCUT2D eigenvalue weighted by Crippen LogP contribution is -2.08. The van der Waals surface area contributed by atoms with Gasteiger partial charge in [-0.2, -0.15) is 5.21 Å². The summed E-state index contributed by atoms with van der Waals surface area (Å²) < 4.78 is 7.90. The Hall–Kier alpha value is -3.85. The van der Waals surface area contributed by atoms with Crippen molar-refractivity contribution in [3.05, 3.63) is 64.7 Å². The van der Waals surface area contributed by atoms with E-state index >= 15 is 0 Å². The minimum absolute atomic E-state index is 0.235. The number of unbranched alkanes of at least 4 members (excludes halogenated alkanes) is 1. The molecule has 0 spiro atoms. The Labute approximate surface area is 193 Å². The van der Waals surface area contributed by atoms with Crippen LogP contribution in [0.15, 0.2) is 46.9 Å². The lowest BCUT2D eigenvalue weighted by Gasteiger charge is -2.09. The predicted octanol–water partition coefficient (Wildman–Crippen LogP) is 4.73. The maximum atomic E-state index is 11.6. The van der Waals surface area contributed by atoms with E-state index in [0.29, 0.717) is 35.1 Å². The number of imidazole rings is 1. The van der Waals surface area contributed by atoms with Gasteiger partial charge in [0.05, 0.1) is 0 Å². The van der Waals surface area contributed by atoms with Crippen molar-refractivity contribution in [3.8, 4) is 22.8 Å². The lowest BCUT2D eigenvalue weighted by molar-refractivity contribution is 0.111. The lowest BCUT2D eigenvalue weighted by atomic mass is 10.1. The Morgan fingerprint density at radius 1 is 1.15 bits per heavy atom. The molecule has 166 valence electrons. The molecule has 0 bridgehead atoms. The van der Waals surface area contributed by atoms with Crippen molar-refractivity contribution in [3.63, 3.8) is 0 Å². The van der Waals surface area contributed by atoms with Crippen LogP contribution in [0, 0.1) is 0 Å². The predicted molar refractivity (Wildman–Crippen MR) is 123 cm³/mol. The van der Waals surface area contributed by atoms with Gasteiger partial charge >= 0.3 is 0 Å². The highest BCUT2D eigenvalue weighted by Gasteiger charge is 2.18. The summed E-state index contributed by atoms with van der Waals surface area (Å²) in [4.78, 5) is 20.7. The number of hydrogen-bond donors (Lipinski definition) is 1. The van der Waals surface area contributed by atoms with E-state index in [1.807, 2.05) is 47.0 Å². The number of carbonyl (C=O) groups is 1. The van der Waals surface area contributed by atoms with E-state index in [2.05, 4.69) is 32.5 Å².